The van der Waals surface area contributed by atoms with Gasteiger partial charge in [-0.3, -0.25) is 19.3 Å². The van der Waals surface area contributed by atoms with E-state index < -0.39 is 11.7 Å². The molecule has 2 heterocycles. The van der Waals surface area contributed by atoms with Crippen LogP contribution in [-0.4, -0.2) is 57.6 Å². The molecule has 1 fully saturated rings. The summed E-state index contributed by atoms with van der Waals surface area (Å²) >= 11 is 12.6. The number of aromatic amines is 1. The lowest BCUT2D eigenvalue weighted by Crippen LogP contribution is -2.57. The molecule has 1 aliphatic heterocycles. The number of nitrogens with zero attached hydrogens (tertiary/aromatic N) is 2. The van der Waals surface area contributed by atoms with Crippen LogP contribution in [-0.2, 0) is 11.3 Å². The zero-order chi connectivity index (χ0) is 23.9. The molecular weight excluding hydrogens is 463 g/mol. The van der Waals surface area contributed by atoms with Crippen molar-refractivity contribution in [2.45, 2.75) is 32.5 Å². The molecule has 3 N–H and O–H groups in total. The van der Waals surface area contributed by atoms with Crippen LogP contribution in [0.25, 0.3) is 10.9 Å². The highest BCUT2D eigenvalue weighted by atomic mass is 35.5. The number of hydrogen-bond donors (Lipinski definition) is 2. The summed E-state index contributed by atoms with van der Waals surface area (Å²) < 4.78 is 0. The maximum Gasteiger partial charge on any atom is 0.289 e. The SMILES string of the molecule is C[C@@H]1CN(Cc2cccc(Cl)c2)[C@@H](C)CN1C(=O)c1cc2c(C(=O)C(N)=O)c[nH]c2cc1Cl. The van der Waals surface area contributed by atoms with Crippen molar-refractivity contribution in [2.24, 2.45) is 5.73 Å². The number of fused-ring (bicyclic) bond motifs is 1. The lowest BCUT2D eigenvalue weighted by molar-refractivity contribution is -0.114. The predicted octanol–water partition coefficient (Wildman–Crippen LogP) is 3.88. The molecule has 0 saturated carbocycles. The minimum atomic E-state index is -1.06. The number of benzene rings is 2. The summed E-state index contributed by atoms with van der Waals surface area (Å²) in [5, 5.41) is 1.41. The van der Waals surface area contributed by atoms with Crippen LogP contribution in [0.1, 0.15) is 40.1 Å². The maximum absolute atomic E-state index is 13.5. The molecule has 0 bridgehead atoms. The molecule has 0 aliphatic carbocycles. The number of rotatable bonds is 5. The molecule has 1 saturated heterocycles. The van der Waals surface area contributed by atoms with Crippen LogP contribution >= 0.6 is 23.2 Å². The second-order valence-corrected chi connectivity index (χ2v) is 9.33. The summed E-state index contributed by atoms with van der Waals surface area (Å²) in [7, 11) is 0. The topological polar surface area (TPSA) is 99.5 Å². The molecule has 4 rings (SSSR count). The number of nitrogens with one attached hydrogen (secondary N) is 1. The predicted molar refractivity (Wildman–Crippen MR) is 129 cm³/mol. The number of hydrogen-bond acceptors (Lipinski definition) is 4. The number of primary amides is 1. The second kappa shape index (κ2) is 9.17. The second-order valence-electron chi connectivity index (χ2n) is 8.49. The van der Waals surface area contributed by atoms with Gasteiger partial charge in [0.1, 0.15) is 0 Å². The van der Waals surface area contributed by atoms with Gasteiger partial charge in [0.2, 0.25) is 0 Å². The Balaban J connectivity index is 1.58. The van der Waals surface area contributed by atoms with Crippen molar-refractivity contribution in [3.8, 4) is 0 Å². The highest BCUT2D eigenvalue weighted by Crippen LogP contribution is 2.29. The molecule has 33 heavy (non-hydrogen) atoms. The fourth-order valence-electron chi connectivity index (χ4n) is 4.35. The van der Waals surface area contributed by atoms with Crippen molar-refractivity contribution in [2.75, 3.05) is 13.1 Å². The monoisotopic (exact) mass is 486 g/mol. The number of ketones is 1. The molecule has 9 heteroatoms. The normalized spacial score (nSPS) is 19.1. The van der Waals surface area contributed by atoms with Crippen LogP contribution in [0.4, 0.5) is 0 Å². The first-order chi connectivity index (χ1) is 15.7. The highest BCUT2D eigenvalue weighted by molar-refractivity contribution is 6.44. The lowest BCUT2D eigenvalue weighted by Gasteiger charge is -2.44. The van der Waals surface area contributed by atoms with Gasteiger partial charge in [0.05, 0.1) is 16.1 Å². The van der Waals surface area contributed by atoms with Crippen LogP contribution in [0.5, 0.6) is 0 Å². The smallest absolute Gasteiger partial charge is 0.289 e. The fourth-order valence-corrected chi connectivity index (χ4v) is 4.81. The van der Waals surface area contributed by atoms with Gasteiger partial charge in [0, 0.05) is 53.8 Å². The molecule has 172 valence electrons. The molecule has 2 atom stereocenters. The molecule has 7 nitrogen and oxygen atoms in total. The number of nitrogens with two attached hydrogens (primary N) is 1. The zero-order valence-electron chi connectivity index (χ0n) is 18.3. The summed E-state index contributed by atoms with van der Waals surface area (Å²) in [6.45, 7) is 6.03. The third-order valence-electron chi connectivity index (χ3n) is 6.12. The van der Waals surface area contributed by atoms with E-state index in [0.29, 0.717) is 29.0 Å². The molecule has 0 radical (unpaired) electrons. The largest absolute Gasteiger partial charge is 0.363 e. The van der Waals surface area contributed by atoms with E-state index in [4.69, 9.17) is 28.9 Å². The van der Waals surface area contributed by atoms with E-state index in [1.54, 1.807) is 17.0 Å². The number of carbonyl (C=O) groups is 3. The van der Waals surface area contributed by atoms with E-state index in [0.717, 1.165) is 12.1 Å². The minimum absolute atomic E-state index is 0.0578. The number of carbonyl (C=O) groups excluding carboxylic acids is 3. The Labute approximate surface area is 201 Å². The summed E-state index contributed by atoms with van der Waals surface area (Å²) in [4.78, 5) is 44.0. The van der Waals surface area contributed by atoms with E-state index in [-0.39, 0.29) is 34.1 Å². The van der Waals surface area contributed by atoms with Gasteiger partial charge in [-0.2, -0.15) is 0 Å². The van der Waals surface area contributed by atoms with Gasteiger partial charge >= 0.3 is 0 Å². The lowest BCUT2D eigenvalue weighted by atomic mass is 10.0. The number of amides is 2. The number of Topliss-reactive ketones (excluding diaryl/α,β-unsaturated/α-hetero) is 1. The molecule has 0 unspecified atom stereocenters. The first-order valence-electron chi connectivity index (χ1n) is 10.6. The third-order valence-corrected chi connectivity index (χ3v) is 6.67. The Morgan fingerprint density at radius 2 is 1.82 bits per heavy atom. The fraction of sp³-hybridized carbons (Fsp3) is 0.292. The Bertz CT molecular complexity index is 1260. The molecule has 2 aromatic carbocycles. The average Bonchev–Trinajstić information content (AvgIpc) is 3.16. The van der Waals surface area contributed by atoms with Crippen molar-refractivity contribution in [1.29, 1.82) is 0 Å². The van der Waals surface area contributed by atoms with Gasteiger partial charge in [0.25, 0.3) is 17.6 Å². The van der Waals surface area contributed by atoms with Crippen LogP contribution in [0, 0.1) is 0 Å². The number of aromatic nitrogens is 1. The number of piperazine rings is 1. The van der Waals surface area contributed by atoms with Crippen molar-refractivity contribution >= 4 is 51.7 Å². The molecular formula is C24H24Cl2N4O3. The Morgan fingerprint density at radius 3 is 2.52 bits per heavy atom. The Kier molecular flexibility index (Phi) is 6.47. The number of H-pyrrole nitrogens is 1. The van der Waals surface area contributed by atoms with E-state index in [2.05, 4.69) is 16.8 Å². The van der Waals surface area contributed by atoms with E-state index in [1.807, 2.05) is 31.2 Å². The van der Waals surface area contributed by atoms with E-state index in [9.17, 15) is 14.4 Å². The van der Waals surface area contributed by atoms with Gasteiger partial charge in [-0.05, 0) is 43.7 Å². The molecule has 1 aromatic heterocycles. The van der Waals surface area contributed by atoms with E-state index in [1.165, 1.54) is 6.20 Å². The standard InChI is InChI=1S/C24H24Cl2N4O3/c1-13-11-30(14(2)10-29(13)12-15-4-3-5-16(25)6-15)24(33)18-7-17-19(22(31)23(27)32)9-28-21(17)8-20(18)26/h3-9,13-14,28H,10-12H2,1-2H3,(H2,27,32)/t13-,14+/m0/s1. The Hall–Kier alpha value is -2.87. The van der Waals surface area contributed by atoms with Crippen molar-refractivity contribution in [1.82, 2.24) is 14.8 Å². The molecule has 0 spiro atoms. The summed E-state index contributed by atoms with van der Waals surface area (Å²) in [5.41, 5.74) is 7.23. The van der Waals surface area contributed by atoms with Crippen LogP contribution in [0.3, 0.4) is 0 Å². The molecule has 3 aromatic rings. The summed E-state index contributed by atoms with van der Waals surface area (Å²) in [5.74, 6) is -2.10. The minimum Gasteiger partial charge on any atom is -0.363 e. The highest BCUT2D eigenvalue weighted by Gasteiger charge is 2.33. The van der Waals surface area contributed by atoms with Crippen molar-refractivity contribution < 1.29 is 14.4 Å². The third kappa shape index (κ3) is 4.62. The zero-order valence-corrected chi connectivity index (χ0v) is 19.8. The van der Waals surface area contributed by atoms with Gasteiger partial charge < -0.3 is 15.6 Å². The van der Waals surface area contributed by atoms with Gasteiger partial charge in [-0.1, -0.05) is 35.3 Å². The Morgan fingerprint density at radius 1 is 1.06 bits per heavy atom. The average molecular weight is 487 g/mol. The van der Waals surface area contributed by atoms with Crippen molar-refractivity contribution in [3.63, 3.8) is 0 Å². The van der Waals surface area contributed by atoms with E-state index >= 15 is 0 Å². The maximum atomic E-state index is 13.5. The van der Waals surface area contributed by atoms with Crippen LogP contribution < -0.4 is 5.73 Å². The number of halogens is 2. The van der Waals surface area contributed by atoms with Crippen molar-refractivity contribution in [3.05, 3.63) is 69.3 Å². The van der Waals surface area contributed by atoms with Crippen LogP contribution in [0.2, 0.25) is 10.0 Å². The van der Waals surface area contributed by atoms with Gasteiger partial charge in [0.15, 0.2) is 0 Å². The molecule has 1 aliphatic rings. The van der Waals surface area contributed by atoms with Gasteiger partial charge in [-0.25, -0.2) is 0 Å². The first kappa shape index (κ1) is 23.3. The first-order valence-corrected chi connectivity index (χ1v) is 11.4. The molecule has 2 amide bonds. The van der Waals surface area contributed by atoms with Gasteiger partial charge in [-0.15, -0.1) is 0 Å². The van der Waals surface area contributed by atoms with Crippen LogP contribution in [0.15, 0.2) is 42.6 Å². The summed E-state index contributed by atoms with van der Waals surface area (Å²) in [6, 6.07) is 11.0. The quantitative estimate of drug-likeness (QED) is 0.422. The summed E-state index contributed by atoms with van der Waals surface area (Å²) in [6.07, 6.45) is 1.40.